The standard InChI is InChI=1S/C13H11FO6/c1-8(13(17)18)6-11(15)20-12(16)7-19-10-4-2-9(14)3-5-10/h2-5H,1,6-7H2,(H,17,18). The maximum Gasteiger partial charge on any atom is 0.351 e. The zero-order valence-electron chi connectivity index (χ0n) is 10.3. The lowest BCUT2D eigenvalue weighted by Gasteiger charge is -2.05. The van der Waals surface area contributed by atoms with Crippen molar-refractivity contribution < 1.29 is 33.4 Å². The van der Waals surface area contributed by atoms with Gasteiger partial charge in [0, 0.05) is 5.57 Å². The molecule has 0 aromatic heterocycles. The number of aliphatic carboxylic acids is 1. The number of hydrogen-bond acceptors (Lipinski definition) is 5. The zero-order chi connectivity index (χ0) is 15.1. The lowest BCUT2D eigenvalue weighted by molar-refractivity contribution is -0.161. The summed E-state index contributed by atoms with van der Waals surface area (Å²) >= 11 is 0. The molecule has 1 aromatic rings. The van der Waals surface area contributed by atoms with E-state index in [9.17, 15) is 18.8 Å². The molecular weight excluding hydrogens is 271 g/mol. The van der Waals surface area contributed by atoms with Crippen molar-refractivity contribution in [1.29, 1.82) is 0 Å². The Bertz CT molecular complexity index is 534. The Morgan fingerprint density at radius 3 is 2.30 bits per heavy atom. The van der Waals surface area contributed by atoms with Crippen LogP contribution in [-0.2, 0) is 19.1 Å². The number of ether oxygens (including phenoxy) is 2. The highest BCUT2D eigenvalue weighted by Gasteiger charge is 2.15. The second-order valence-corrected chi connectivity index (χ2v) is 3.67. The average molecular weight is 282 g/mol. The van der Waals surface area contributed by atoms with E-state index in [0.717, 1.165) is 12.1 Å². The molecule has 0 saturated heterocycles. The number of rotatable bonds is 6. The lowest BCUT2D eigenvalue weighted by Crippen LogP contribution is -2.20. The third kappa shape index (κ3) is 5.30. The molecule has 1 aromatic carbocycles. The molecule has 0 spiro atoms. The molecule has 0 saturated carbocycles. The zero-order valence-corrected chi connectivity index (χ0v) is 10.3. The molecular formula is C13H11FO6. The monoisotopic (exact) mass is 282 g/mol. The smallest absolute Gasteiger partial charge is 0.351 e. The summed E-state index contributed by atoms with van der Waals surface area (Å²) in [6.07, 6.45) is -0.600. The second kappa shape index (κ2) is 7.03. The van der Waals surface area contributed by atoms with Crippen molar-refractivity contribution in [3.8, 4) is 5.75 Å². The van der Waals surface area contributed by atoms with Crippen LogP contribution in [0.1, 0.15) is 6.42 Å². The molecule has 1 rings (SSSR count). The van der Waals surface area contributed by atoms with Crippen LogP contribution in [-0.4, -0.2) is 29.6 Å². The summed E-state index contributed by atoms with van der Waals surface area (Å²) in [6, 6.07) is 4.89. The first-order valence-electron chi connectivity index (χ1n) is 5.41. The summed E-state index contributed by atoms with van der Waals surface area (Å²) in [5, 5.41) is 8.49. The largest absolute Gasteiger partial charge is 0.482 e. The van der Waals surface area contributed by atoms with Crippen molar-refractivity contribution >= 4 is 17.9 Å². The predicted molar refractivity (Wildman–Crippen MR) is 64.4 cm³/mol. The van der Waals surface area contributed by atoms with Gasteiger partial charge in [-0.05, 0) is 24.3 Å². The van der Waals surface area contributed by atoms with Crippen LogP contribution in [0.2, 0.25) is 0 Å². The number of carbonyl (C=O) groups excluding carboxylic acids is 2. The fourth-order valence-electron chi connectivity index (χ4n) is 1.12. The van der Waals surface area contributed by atoms with Crippen LogP contribution in [0.5, 0.6) is 5.75 Å². The van der Waals surface area contributed by atoms with Gasteiger partial charge in [-0.15, -0.1) is 0 Å². The van der Waals surface area contributed by atoms with E-state index in [4.69, 9.17) is 9.84 Å². The van der Waals surface area contributed by atoms with Crippen molar-refractivity contribution in [2.24, 2.45) is 0 Å². The highest BCUT2D eigenvalue weighted by Crippen LogP contribution is 2.11. The molecule has 0 aliphatic carbocycles. The molecule has 0 amide bonds. The minimum atomic E-state index is -1.35. The van der Waals surface area contributed by atoms with E-state index in [1.807, 2.05) is 0 Å². The second-order valence-electron chi connectivity index (χ2n) is 3.67. The van der Waals surface area contributed by atoms with Crippen LogP contribution in [0, 0.1) is 5.82 Å². The lowest BCUT2D eigenvalue weighted by atomic mass is 10.2. The Morgan fingerprint density at radius 1 is 1.15 bits per heavy atom. The number of hydrogen-bond donors (Lipinski definition) is 1. The third-order valence-electron chi connectivity index (χ3n) is 2.06. The van der Waals surface area contributed by atoms with Gasteiger partial charge >= 0.3 is 17.9 Å². The van der Waals surface area contributed by atoms with E-state index in [1.165, 1.54) is 12.1 Å². The van der Waals surface area contributed by atoms with Gasteiger partial charge in [-0.1, -0.05) is 6.58 Å². The van der Waals surface area contributed by atoms with Crippen LogP contribution >= 0.6 is 0 Å². The van der Waals surface area contributed by atoms with Gasteiger partial charge in [-0.2, -0.15) is 0 Å². The molecule has 1 N–H and O–H groups in total. The number of carbonyl (C=O) groups is 3. The molecule has 0 bridgehead atoms. The maximum atomic E-state index is 12.6. The highest BCUT2D eigenvalue weighted by molar-refractivity contribution is 5.95. The van der Waals surface area contributed by atoms with Crippen LogP contribution in [0.4, 0.5) is 4.39 Å². The van der Waals surface area contributed by atoms with E-state index >= 15 is 0 Å². The summed E-state index contributed by atoms with van der Waals surface area (Å²) in [7, 11) is 0. The molecule has 0 aliphatic rings. The molecule has 0 unspecified atom stereocenters. The Labute approximate surface area is 113 Å². The van der Waals surface area contributed by atoms with Gasteiger partial charge in [0.05, 0.1) is 6.42 Å². The normalized spacial score (nSPS) is 9.65. The van der Waals surface area contributed by atoms with Crippen LogP contribution in [0.25, 0.3) is 0 Å². The molecule has 0 atom stereocenters. The Kier molecular flexibility index (Phi) is 5.40. The van der Waals surface area contributed by atoms with Gasteiger partial charge in [0.1, 0.15) is 11.6 Å². The van der Waals surface area contributed by atoms with E-state index in [-0.39, 0.29) is 11.3 Å². The Hall–Kier alpha value is -2.70. The van der Waals surface area contributed by atoms with E-state index in [0.29, 0.717) is 0 Å². The van der Waals surface area contributed by atoms with E-state index < -0.39 is 36.8 Å². The molecule has 0 fully saturated rings. The highest BCUT2D eigenvalue weighted by atomic mass is 19.1. The Balaban J connectivity index is 2.36. The average Bonchev–Trinajstić information content (AvgIpc) is 2.37. The van der Waals surface area contributed by atoms with Gasteiger partial charge in [-0.25, -0.2) is 14.0 Å². The first-order valence-corrected chi connectivity index (χ1v) is 5.41. The first-order chi connectivity index (χ1) is 9.38. The predicted octanol–water partition coefficient (Wildman–Crippen LogP) is 1.31. The van der Waals surface area contributed by atoms with Crippen molar-refractivity contribution in [2.75, 3.05) is 6.61 Å². The van der Waals surface area contributed by atoms with Crippen LogP contribution < -0.4 is 4.74 Å². The number of carboxylic acid groups (broad SMARTS) is 1. The summed E-state index contributed by atoms with van der Waals surface area (Å²) in [5.41, 5.74) is -0.387. The van der Waals surface area contributed by atoms with Gasteiger partial charge in [0.2, 0.25) is 0 Å². The van der Waals surface area contributed by atoms with Crippen LogP contribution in [0.3, 0.4) is 0 Å². The molecule has 106 valence electrons. The third-order valence-corrected chi connectivity index (χ3v) is 2.06. The van der Waals surface area contributed by atoms with Crippen molar-refractivity contribution in [1.82, 2.24) is 0 Å². The van der Waals surface area contributed by atoms with E-state index in [1.54, 1.807) is 0 Å². The van der Waals surface area contributed by atoms with Gasteiger partial charge in [0.25, 0.3) is 0 Å². The van der Waals surface area contributed by atoms with Crippen molar-refractivity contribution in [2.45, 2.75) is 6.42 Å². The summed E-state index contributed by atoms with van der Waals surface area (Å²) in [4.78, 5) is 32.8. The van der Waals surface area contributed by atoms with Gasteiger partial charge in [0.15, 0.2) is 6.61 Å². The number of benzene rings is 1. The first kappa shape index (κ1) is 15.4. The number of carboxylic acids is 1. The van der Waals surface area contributed by atoms with E-state index in [2.05, 4.69) is 11.3 Å². The molecule has 7 heteroatoms. The van der Waals surface area contributed by atoms with Gasteiger partial charge in [-0.3, -0.25) is 4.79 Å². The number of esters is 2. The molecule has 0 radical (unpaired) electrons. The topological polar surface area (TPSA) is 89.9 Å². The quantitative estimate of drug-likeness (QED) is 0.480. The molecule has 0 aliphatic heterocycles. The molecule has 0 heterocycles. The maximum absolute atomic E-state index is 12.6. The summed E-state index contributed by atoms with van der Waals surface area (Å²) in [6.45, 7) is 2.57. The van der Waals surface area contributed by atoms with Crippen LogP contribution in [0.15, 0.2) is 36.4 Å². The van der Waals surface area contributed by atoms with Crippen molar-refractivity contribution in [3.63, 3.8) is 0 Å². The molecule has 20 heavy (non-hydrogen) atoms. The number of halogens is 1. The van der Waals surface area contributed by atoms with Gasteiger partial charge < -0.3 is 14.6 Å². The minimum absolute atomic E-state index is 0.228. The fraction of sp³-hybridized carbons (Fsp3) is 0.154. The Morgan fingerprint density at radius 2 is 1.75 bits per heavy atom. The fourth-order valence-corrected chi connectivity index (χ4v) is 1.12. The SMILES string of the molecule is C=C(CC(=O)OC(=O)COc1ccc(F)cc1)C(=O)O. The summed E-state index contributed by atoms with van der Waals surface area (Å²) in [5.74, 6) is -3.60. The molecule has 6 nitrogen and oxygen atoms in total. The van der Waals surface area contributed by atoms with Crippen molar-refractivity contribution in [3.05, 3.63) is 42.2 Å². The minimum Gasteiger partial charge on any atom is -0.482 e. The summed E-state index contributed by atoms with van der Waals surface area (Å²) < 4.78 is 21.9.